The molecule has 0 saturated carbocycles. The number of methoxy groups -OCH3 is 2. The molecule has 1 aliphatic rings. The number of phenols is 1. The Morgan fingerprint density at radius 1 is 1.21 bits per heavy atom. The van der Waals surface area contributed by atoms with Crippen molar-refractivity contribution in [2.75, 3.05) is 46.9 Å². The molecule has 1 fully saturated rings. The average Bonchev–Trinajstić information content (AvgIpc) is 2.45. The van der Waals surface area contributed by atoms with Gasteiger partial charge in [0.15, 0.2) is 11.5 Å². The molecule has 1 aromatic carbocycles. The number of hydrogen-bond donors (Lipinski definition) is 2. The molecule has 19 heavy (non-hydrogen) atoms. The number of phenolic OH excluding ortho intramolecular Hbond substituents is 1. The van der Waals surface area contributed by atoms with Gasteiger partial charge in [0, 0.05) is 32.7 Å². The molecule has 0 radical (unpaired) electrons. The fraction of sp³-hybridized carbons (Fsp3) is 0.571. The topological polar surface area (TPSA) is 54.0 Å². The summed E-state index contributed by atoms with van der Waals surface area (Å²) in [7, 11) is 3.11. The Kier molecular flexibility index (Phi) is 4.87. The number of nitrogens with one attached hydrogen (secondary N) is 1. The van der Waals surface area contributed by atoms with E-state index in [9.17, 15) is 5.11 Å². The van der Waals surface area contributed by atoms with E-state index in [2.05, 4.69) is 10.2 Å². The smallest absolute Gasteiger partial charge is 0.203 e. The van der Waals surface area contributed by atoms with E-state index in [-0.39, 0.29) is 5.75 Å². The van der Waals surface area contributed by atoms with Crippen LogP contribution in [0.1, 0.15) is 5.56 Å². The van der Waals surface area contributed by atoms with Crippen molar-refractivity contribution < 1.29 is 14.6 Å². The van der Waals surface area contributed by atoms with E-state index in [1.54, 1.807) is 13.2 Å². The van der Waals surface area contributed by atoms with Crippen LogP contribution in [0.3, 0.4) is 0 Å². The molecule has 2 rings (SSSR count). The summed E-state index contributed by atoms with van der Waals surface area (Å²) >= 11 is 0. The van der Waals surface area contributed by atoms with Crippen molar-refractivity contribution in [3.8, 4) is 17.2 Å². The second kappa shape index (κ2) is 6.63. The zero-order valence-electron chi connectivity index (χ0n) is 11.6. The Bertz CT molecular complexity index is 417. The van der Waals surface area contributed by atoms with Crippen molar-refractivity contribution in [2.24, 2.45) is 0 Å². The van der Waals surface area contributed by atoms with Crippen LogP contribution >= 0.6 is 0 Å². The molecule has 5 heteroatoms. The molecule has 106 valence electrons. The van der Waals surface area contributed by atoms with E-state index < -0.39 is 0 Å². The van der Waals surface area contributed by atoms with Gasteiger partial charge < -0.3 is 24.8 Å². The first kappa shape index (κ1) is 14.0. The number of hydrogen-bond acceptors (Lipinski definition) is 5. The van der Waals surface area contributed by atoms with E-state index in [1.165, 1.54) is 7.11 Å². The fourth-order valence-electron chi connectivity index (χ4n) is 2.37. The van der Waals surface area contributed by atoms with Crippen molar-refractivity contribution in [3.05, 3.63) is 17.7 Å². The van der Waals surface area contributed by atoms with Crippen LogP contribution in [0.5, 0.6) is 17.2 Å². The maximum Gasteiger partial charge on any atom is 0.203 e. The van der Waals surface area contributed by atoms with Gasteiger partial charge in [0.1, 0.15) is 0 Å². The van der Waals surface area contributed by atoms with Crippen molar-refractivity contribution in [1.29, 1.82) is 0 Å². The highest BCUT2D eigenvalue weighted by atomic mass is 16.5. The van der Waals surface area contributed by atoms with Crippen LogP contribution in [0, 0.1) is 0 Å². The summed E-state index contributed by atoms with van der Waals surface area (Å²) < 4.78 is 10.4. The zero-order chi connectivity index (χ0) is 13.7. The first-order valence-corrected chi connectivity index (χ1v) is 6.61. The number of aromatic hydroxyl groups is 1. The second-order valence-electron chi connectivity index (χ2n) is 4.69. The number of nitrogens with zero attached hydrogens (tertiary/aromatic N) is 1. The van der Waals surface area contributed by atoms with Gasteiger partial charge >= 0.3 is 0 Å². The van der Waals surface area contributed by atoms with Crippen molar-refractivity contribution in [2.45, 2.75) is 6.42 Å². The number of rotatable bonds is 5. The molecule has 1 saturated heterocycles. The Hall–Kier alpha value is -1.46. The predicted octanol–water partition coefficient (Wildman–Crippen LogP) is 0.857. The van der Waals surface area contributed by atoms with Gasteiger partial charge in [0.2, 0.25) is 5.75 Å². The van der Waals surface area contributed by atoms with Crippen LogP contribution in [0.15, 0.2) is 12.1 Å². The van der Waals surface area contributed by atoms with Crippen LogP contribution in [0.25, 0.3) is 0 Å². The van der Waals surface area contributed by atoms with Crippen molar-refractivity contribution in [1.82, 2.24) is 10.2 Å². The molecule has 0 aromatic heterocycles. The van der Waals surface area contributed by atoms with Crippen molar-refractivity contribution >= 4 is 0 Å². The van der Waals surface area contributed by atoms with Crippen LogP contribution in [-0.2, 0) is 6.42 Å². The van der Waals surface area contributed by atoms with Gasteiger partial charge in [-0.15, -0.1) is 0 Å². The highest BCUT2D eigenvalue weighted by Gasteiger charge is 2.13. The number of piperazine rings is 1. The lowest BCUT2D eigenvalue weighted by Gasteiger charge is -2.27. The van der Waals surface area contributed by atoms with E-state index in [0.717, 1.165) is 44.7 Å². The van der Waals surface area contributed by atoms with E-state index in [4.69, 9.17) is 9.47 Å². The summed E-state index contributed by atoms with van der Waals surface area (Å²) in [6, 6.07) is 3.68. The molecule has 2 N–H and O–H groups in total. The number of benzene rings is 1. The molecule has 0 atom stereocenters. The molecule has 0 spiro atoms. The van der Waals surface area contributed by atoms with Gasteiger partial charge in [0.25, 0.3) is 0 Å². The van der Waals surface area contributed by atoms with Gasteiger partial charge in [-0.3, -0.25) is 0 Å². The summed E-state index contributed by atoms with van der Waals surface area (Å²) in [4.78, 5) is 2.42. The van der Waals surface area contributed by atoms with Crippen LogP contribution in [-0.4, -0.2) is 56.9 Å². The minimum atomic E-state index is 0.136. The van der Waals surface area contributed by atoms with Gasteiger partial charge in [-0.25, -0.2) is 0 Å². The van der Waals surface area contributed by atoms with Gasteiger partial charge in [-0.2, -0.15) is 0 Å². The van der Waals surface area contributed by atoms with Crippen LogP contribution in [0.4, 0.5) is 0 Å². The average molecular weight is 266 g/mol. The highest BCUT2D eigenvalue weighted by Crippen LogP contribution is 2.37. The predicted molar refractivity (Wildman–Crippen MR) is 74.2 cm³/mol. The summed E-state index contributed by atoms with van der Waals surface area (Å²) in [6.45, 7) is 5.27. The Morgan fingerprint density at radius 2 is 1.95 bits per heavy atom. The first-order valence-electron chi connectivity index (χ1n) is 6.61. The summed E-state index contributed by atoms with van der Waals surface area (Å²) in [5.74, 6) is 1.11. The van der Waals surface area contributed by atoms with Crippen molar-refractivity contribution in [3.63, 3.8) is 0 Å². The first-order chi connectivity index (χ1) is 9.24. The third-order valence-electron chi connectivity index (χ3n) is 3.45. The monoisotopic (exact) mass is 266 g/mol. The third-order valence-corrected chi connectivity index (χ3v) is 3.45. The van der Waals surface area contributed by atoms with Gasteiger partial charge in [0.05, 0.1) is 14.2 Å². The van der Waals surface area contributed by atoms with E-state index in [1.807, 2.05) is 6.07 Å². The van der Waals surface area contributed by atoms with Crippen LogP contribution in [0.2, 0.25) is 0 Å². The quantitative estimate of drug-likeness (QED) is 0.828. The highest BCUT2D eigenvalue weighted by molar-refractivity contribution is 5.53. The van der Waals surface area contributed by atoms with E-state index >= 15 is 0 Å². The SMILES string of the molecule is COc1cc(CCN2CCNCC2)cc(O)c1OC. The molecular weight excluding hydrogens is 244 g/mol. The zero-order valence-corrected chi connectivity index (χ0v) is 11.6. The minimum Gasteiger partial charge on any atom is -0.504 e. The summed E-state index contributed by atoms with van der Waals surface area (Å²) in [5.41, 5.74) is 1.06. The molecule has 0 bridgehead atoms. The molecular formula is C14H22N2O3. The maximum absolute atomic E-state index is 9.91. The second-order valence-corrected chi connectivity index (χ2v) is 4.69. The molecule has 0 amide bonds. The van der Waals surface area contributed by atoms with E-state index in [0.29, 0.717) is 11.5 Å². The maximum atomic E-state index is 9.91. The standard InChI is InChI=1S/C14H22N2O3/c1-18-13-10-11(9-12(17)14(13)19-2)3-6-16-7-4-15-5-8-16/h9-10,15,17H,3-8H2,1-2H3. The Labute approximate surface area is 114 Å². The Morgan fingerprint density at radius 3 is 2.58 bits per heavy atom. The fourth-order valence-corrected chi connectivity index (χ4v) is 2.37. The summed E-state index contributed by atoms with van der Waals surface area (Å²) in [5, 5.41) is 13.2. The molecule has 0 aliphatic carbocycles. The molecule has 5 nitrogen and oxygen atoms in total. The largest absolute Gasteiger partial charge is 0.504 e. The van der Waals surface area contributed by atoms with Crippen LogP contribution < -0.4 is 14.8 Å². The Balaban J connectivity index is 2.01. The number of ether oxygens (including phenoxy) is 2. The van der Waals surface area contributed by atoms with Gasteiger partial charge in [-0.05, 0) is 24.1 Å². The minimum absolute atomic E-state index is 0.136. The lowest BCUT2D eigenvalue weighted by Crippen LogP contribution is -2.44. The molecule has 1 heterocycles. The molecule has 1 aromatic rings. The normalized spacial score (nSPS) is 16.3. The molecule has 1 aliphatic heterocycles. The lowest BCUT2D eigenvalue weighted by molar-refractivity contribution is 0.243. The molecule has 0 unspecified atom stereocenters. The third kappa shape index (κ3) is 3.52. The van der Waals surface area contributed by atoms with Gasteiger partial charge in [-0.1, -0.05) is 0 Å². The lowest BCUT2D eigenvalue weighted by atomic mass is 10.1. The summed E-state index contributed by atoms with van der Waals surface area (Å²) in [6.07, 6.45) is 0.897.